The number of likely N-dealkylation sites (tertiary alicyclic amines) is 1. The van der Waals surface area contributed by atoms with E-state index in [-0.39, 0.29) is 0 Å². The molecule has 3 heteroatoms. The van der Waals surface area contributed by atoms with Crippen LogP contribution >= 0.6 is 0 Å². The fraction of sp³-hybridized carbons (Fsp3) is 0.938. The van der Waals surface area contributed by atoms with Gasteiger partial charge in [0, 0.05) is 19.5 Å². The van der Waals surface area contributed by atoms with Gasteiger partial charge in [0.05, 0.1) is 0 Å². The second kappa shape index (κ2) is 7.28. The van der Waals surface area contributed by atoms with E-state index in [9.17, 15) is 4.79 Å². The van der Waals surface area contributed by atoms with E-state index in [1.165, 1.54) is 25.9 Å². The lowest BCUT2D eigenvalue weighted by Crippen LogP contribution is -2.55. The monoisotopic (exact) mass is 269 g/mol. The molecule has 0 aromatic heterocycles. The molecule has 0 aliphatic carbocycles. The summed E-state index contributed by atoms with van der Waals surface area (Å²) in [5.41, 5.74) is 0.578. The summed E-state index contributed by atoms with van der Waals surface area (Å²) in [6.45, 7) is 12.6. The Morgan fingerprint density at radius 3 is 2.21 bits per heavy atom. The molecule has 1 rings (SSSR count). The molecule has 1 heterocycles. The molecule has 1 atom stereocenters. The fourth-order valence-electron chi connectivity index (χ4n) is 3.23. The summed E-state index contributed by atoms with van der Waals surface area (Å²) in [4.78, 5) is 13.2. The molecule has 0 amide bonds. The zero-order valence-corrected chi connectivity index (χ0v) is 13.1. The first-order valence-electron chi connectivity index (χ1n) is 7.86. The maximum atomic E-state index is 10.7. The molecule has 0 spiro atoms. The molecule has 0 saturated carbocycles. The molecule has 0 aromatic carbocycles. The maximum Gasteiger partial charge on any atom is 0.303 e. The van der Waals surface area contributed by atoms with E-state index in [4.69, 9.17) is 5.11 Å². The molecular weight excluding hydrogens is 238 g/mol. The predicted molar refractivity (Wildman–Crippen MR) is 79.3 cm³/mol. The minimum Gasteiger partial charge on any atom is -0.481 e. The van der Waals surface area contributed by atoms with Crippen molar-refractivity contribution < 1.29 is 9.90 Å². The molecule has 0 radical (unpaired) electrons. The summed E-state index contributed by atoms with van der Waals surface area (Å²) < 4.78 is 0. The minimum absolute atomic E-state index is 0.316. The van der Waals surface area contributed by atoms with Crippen LogP contribution in [0.5, 0.6) is 0 Å². The summed E-state index contributed by atoms with van der Waals surface area (Å²) in [7, 11) is 0. The normalized spacial score (nSPS) is 20.3. The number of hydrogen-bond acceptors (Lipinski definition) is 2. The Balaban J connectivity index is 2.28. The van der Waals surface area contributed by atoms with Gasteiger partial charge in [-0.25, -0.2) is 0 Å². The largest absolute Gasteiger partial charge is 0.481 e. The standard InChI is InChI=1S/C16H31NO2/c1-5-16(6-2)11-17(12-16)10-9-14(13(3)4)7-8-15(18)19/h13-14H,5-12H2,1-4H3,(H,18,19). The predicted octanol–water partition coefficient (Wildman–Crippen LogP) is 3.64. The Bertz CT molecular complexity index is 276. The number of aliphatic carboxylic acids is 1. The molecule has 3 nitrogen and oxygen atoms in total. The van der Waals surface area contributed by atoms with Crippen molar-refractivity contribution in [1.82, 2.24) is 4.90 Å². The first kappa shape index (κ1) is 16.5. The van der Waals surface area contributed by atoms with Crippen LogP contribution in [0.2, 0.25) is 0 Å². The van der Waals surface area contributed by atoms with Crippen LogP contribution in [-0.4, -0.2) is 35.6 Å². The van der Waals surface area contributed by atoms with Crippen molar-refractivity contribution in [2.45, 2.75) is 59.8 Å². The van der Waals surface area contributed by atoms with Gasteiger partial charge in [-0.05, 0) is 49.5 Å². The van der Waals surface area contributed by atoms with Crippen molar-refractivity contribution in [2.75, 3.05) is 19.6 Å². The van der Waals surface area contributed by atoms with Crippen molar-refractivity contribution in [2.24, 2.45) is 17.3 Å². The second-order valence-electron chi connectivity index (χ2n) is 6.64. The lowest BCUT2D eigenvalue weighted by atomic mass is 9.75. The number of carboxylic acid groups (broad SMARTS) is 1. The van der Waals surface area contributed by atoms with E-state index >= 15 is 0 Å². The van der Waals surface area contributed by atoms with Crippen LogP contribution in [0.15, 0.2) is 0 Å². The van der Waals surface area contributed by atoms with Crippen LogP contribution in [0, 0.1) is 17.3 Å². The second-order valence-corrected chi connectivity index (χ2v) is 6.64. The maximum absolute atomic E-state index is 10.7. The van der Waals surface area contributed by atoms with Crippen LogP contribution in [0.1, 0.15) is 59.8 Å². The van der Waals surface area contributed by atoms with Gasteiger partial charge in [0.2, 0.25) is 0 Å². The van der Waals surface area contributed by atoms with E-state index in [1.54, 1.807) is 0 Å². The SMILES string of the molecule is CCC1(CC)CN(CCC(CCC(=O)O)C(C)C)C1. The van der Waals surface area contributed by atoms with Gasteiger partial charge in [0.1, 0.15) is 0 Å². The molecule has 1 aliphatic heterocycles. The minimum atomic E-state index is -0.661. The van der Waals surface area contributed by atoms with Crippen molar-refractivity contribution in [3.05, 3.63) is 0 Å². The summed E-state index contributed by atoms with van der Waals surface area (Å²) in [6.07, 6.45) is 4.86. The fourth-order valence-corrected chi connectivity index (χ4v) is 3.23. The Morgan fingerprint density at radius 2 is 1.79 bits per heavy atom. The van der Waals surface area contributed by atoms with Crippen LogP contribution in [0.3, 0.4) is 0 Å². The number of nitrogens with zero attached hydrogens (tertiary/aromatic N) is 1. The molecule has 0 aromatic rings. The molecule has 112 valence electrons. The highest BCUT2D eigenvalue weighted by Crippen LogP contribution is 2.37. The molecule has 1 aliphatic rings. The van der Waals surface area contributed by atoms with Crippen molar-refractivity contribution in [3.8, 4) is 0 Å². The van der Waals surface area contributed by atoms with Gasteiger partial charge in [0.25, 0.3) is 0 Å². The van der Waals surface area contributed by atoms with E-state index < -0.39 is 5.97 Å². The smallest absolute Gasteiger partial charge is 0.303 e. The van der Waals surface area contributed by atoms with Gasteiger partial charge in [-0.2, -0.15) is 0 Å². The zero-order valence-electron chi connectivity index (χ0n) is 13.1. The lowest BCUT2D eigenvalue weighted by Gasteiger charge is -2.50. The Labute approximate surface area is 118 Å². The average molecular weight is 269 g/mol. The van der Waals surface area contributed by atoms with Crippen molar-refractivity contribution in [1.29, 1.82) is 0 Å². The highest BCUT2D eigenvalue weighted by atomic mass is 16.4. The van der Waals surface area contributed by atoms with Crippen LogP contribution in [0.25, 0.3) is 0 Å². The quantitative estimate of drug-likeness (QED) is 0.695. The van der Waals surface area contributed by atoms with Gasteiger partial charge in [0.15, 0.2) is 0 Å². The first-order valence-corrected chi connectivity index (χ1v) is 7.86. The number of rotatable bonds is 9. The number of carbonyl (C=O) groups is 1. The van der Waals surface area contributed by atoms with Gasteiger partial charge < -0.3 is 10.0 Å². The van der Waals surface area contributed by atoms with Gasteiger partial charge >= 0.3 is 5.97 Å². The topological polar surface area (TPSA) is 40.5 Å². The van der Waals surface area contributed by atoms with Crippen LogP contribution in [0.4, 0.5) is 0 Å². The van der Waals surface area contributed by atoms with Gasteiger partial charge in [-0.3, -0.25) is 4.79 Å². The van der Waals surface area contributed by atoms with Crippen molar-refractivity contribution >= 4 is 5.97 Å². The molecule has 1 N–H and O–H groups in total. The molecule has 19 heavy (non-hydrogen) atoms. The summed E-state index contributed by atoms with van der Waals surface area (Å²) >= 11 is 0. The summed E-state index contributed by atoms with van der Waals surface area (Å²) in [6, 6.07) is 0. The van der Waals surface area contributed by atoms with E-state index in [0.717, 1.165) is 19.4 Å². The van der Waals surface area contributed by atoms with E-state index in [0.29, 0.717) is 23.7 Å². The summed E-state index contributed by atoms with van der Waals surface area (Å²) in [5, 5.41) is 8.80. The molecular formula is C16H31NO2. The van der Waals surface area contributed by atoms with E-state index in [2.05, 4.69) is 32.6 Å². The zero-order chi connectivity index (χ0) is 14.5. The van der Waals surface area contributed by atoms with Crippen LogP contribution < -0.4 is 0 Å². The lowest BCUT2D eigenvalue weighted by molar-refractivity contribution is -0.137. The Morgan fingerprint density at radius 1 is 1.21 bits per heavy atom. The third-order valence-electron chi connectivity index (χ3n) is 5.11. The average Bonchev–Trinajstić information content (AvgIpc) is 2.31. The number of hydrogen-bond donors (Lipinski definition) is 1. The highest BCUT2D eigenvalue weighted by Gasteiger charge is 2.39. The molecule has 1 saturated heterocycles. The van der Waals surface area contributed by atoms with Crippen molar-refractivity contribution in [3.63, 3.8) is 0 Å². The molecule has 0 bridgehead atoms. The Hall–Kier alpha value is -0.570. The summed E-state index contributed by atoms with van der Waals surface area (Å²) in [5.74, 6) is 0.475. The van der Waals surface area contributed by atoms with E-state index in [1.807, 2.05) is 0 Å². The third kappa shape index (κ3) is 4.79. The Kier molecular flexibility index (Phi) is 6.31. The van der Waals surface area contributed by atoms with Gasteiger partial charge in [-0.1, -0.05) is 27.7 Å². The van der Waals surface area contributed by atoms with Crippen LogP contribution in [-0.2, 0) is 4.79 Å². The van der Waals surface area contributed by atoms with Gasteiger partial charge in [-0.15, -0.1) is 0 Å². The molecule has 1 unspecified atom stereocenters. The number of carboxylic acids is 1. The third-order valence-corrected chi connectivity index (χ3v) is 5.11. The molecule has 1 fully saturated rings. The highest BCUT2D eigenvalue weighted by molar-refractivity contribution is 5.66. The first-order chi connectivity index (χ1) is 8.92.